The Labute approximate surface area is 166 Å². The van der Waals surface area contributed by atoms with E-state index >= 15 is 0 Å². The molecule has 2 unspecified atom stereocenters. The van der Waals surface area contributed by atoms with Gasteiger partial charge in [0.25, 0.3) is 5.91 Å². The molecule has 1 aromatic carbocycles. The van der Waals surface area contributed by atoms with Crippen LogP contribution < -0.4 is 0 Å². The molecule has 1 fully saturated rings. The maximum Gasteiger partial charge on any atom is 0.254 e. The number of carbonyl (C=O) groups is 2. The third-order valence-electron chi connectivity index (χ3n) is 5.52. The zero-order valence-corrected chi connectivity index (χ0v) is 16.9. The van der Waals surface area contributed by atoms with Crippen LogP contribution in [0.3, 0.4) is 0 Å². The lowest BCUT2D eigenvalue weighted by Gasteiger charge is -2.35. The van der Waals surface area contributed by atoms with E-state index in [0.717, 1.165) is 23.4 Å². The molecule has 1 aromatic heterocycles. The second-order valence-corrected chi connectivity index (χ2v) is 8.87. The second-order valence-electron chi connectivity index (χ2n) is 8.87. The molecular formula is C21H26BN3O3. The highest BCUT2D eigenvalue weighted by atomic mass is 16.5. The average molecular weight is 379 g/mol. The number of Topliss-reactive ketones (excluding diaryl/α,β-unsaturated/α-hetero) is 1. The van der Waals surface area contributed by atoms with E-state index in [2.05, 4.69) is 18.9 Å². The maximum atomic E-state index is 12.9. The smallest absolute Gasteiger partial charge is 0.254 e. The van der Waals surface area contributed by atoms with E-state index in [1.54, 1.807) is 6.20 Å². The number of nitrogens with zero attached hydrogens (tertiary/aromatic N) is 3. The normalized spacial score (nSPS) is 24.1. The molecule has 0 spiro atoms. The van der Waals surface area contributed by atoms with Gasteiger partial charge in [-0.2, -0.15) is 5.10 Å². The topological polar surface area (TPSA) is 64.4 Å². The number of fused-ring (bicyclic) bond motifs is 1. The molecule has 2 atom stereocenters. The highest BCUT2D eigenvalue weighted by Gasteiger charge is 2.34. The molecule has 2 aliphatic rings. The van der Waals surface area contributed by atoms with Crippen LogP contribution in [0.5, 0.6) is 0 Å². The number of amides is 1. The van der Waals surface area contributed by atoms with E-state index < -0.39 is 0 Å². The quantitative estimate of drug-likeness (QED) is 0.748. The van der Waals surface area contributed by atoms with Gasteiger partial charge in [-0.1, -0.05) is 13.8 Å². The Morgan fingerprint density at radius 1 is 1.21 bits per heavy atom. The summed E-state index contributed by atoms with van der Waals surface area (Å²) in [5.41, 5.74) is 3.13. The first kappa shape index (κ1) is 18.9. The highest BCUT2D eigenvalue weighted by Crippen LogP contribution is 2.35. The standard InChI is InChI=1S/C21H26BN3O3/c1-13-11-24(12-19(22)28-13)20(27)14-4-6-15(7-5-14)25-17-8-21(2,3)9-18(26)16(17)10-23-25/h4-7,10,13,19H,8-9,11-12,22H2,1-3H3. The molecule has 6 nitrogen and oxygen atoms in total. The van der Waals surface area contributed by atoms with Gasteiger partial charge in [-0.25, -0.2) is 4.68 Å². The molecule has 4 rings (SSSR count). The number of morpholine rings is 1. The fraction of sp³-hybridized carbons (Fsp3) is 0.476. The lowest BCUT2D eigenvalue weighted by molar-refractivity contribution is -0.0319. The lowest BCUT2D eigenvalue weighted by atomic mass is 9.76. The third kappa shape index (κ3) is 3.51. The third-order valence-corrected chi connectivity index (χ3v) is 5.52. The summed E-state index contributed by atoms with van der Waals surface area (Å²) in [7, 11) is 1.99. The second kappa shape index (κ2) is 6.89. The summed E-state index contributed by atoms with van der Waals surface area (Å²) in [6.07, 6.45) is 3.07. The van der Waals surface area contributed by atoms with Crippen LogP contribution in [0, 0.1) is 5.41 Å². The summed E-state index contributed by atoms with van der Waals surface area (Å²) in [6.45, 7) is 7.42. The largest absolute Gasteiger partial charge is 0.381 e. The molecule has 7 heteroatoms. The molecule has 146 valence electrons. The van der Waals surface area contributed by atoms with E-state index in [0.29, 0.717) is 25.1 Å². The number of carbonyl (C=O) groups excluding carboxylic acids is 2. The maximum absolute atomic E-state index is 12.9. The molecule has 0 radical (unpaired) electrons. The average Bonchev–Trinajstić information content (AvgIpc) is 3.03. The fourth-order valence-electron chi connectivity index (χ4n) is 4.32. The number of ether oxygens (including phenoxy) is 1. The first-order chi connectivity index (χ1) is 13.2. The van der Waals surface area contributed by atoms with E-state index in [9.17, 15) is 9.59 Å². The van der Waals surface area contributed by atoms with Crippen molar-refractivity contribution in [1.29, 1.82) is 0 Å². The summed E-state index contributed by atoms with van der Waals surface area (Å²) in [5, 5.41) is 4.45. The molecule has 2 aromatic rings. The number of ketones is 1. The van der Waals surface area contributed by atoms with Gasteiger partial charge >= 0.3 is 0 Å². The molecule has 1 amide bonds. The Morgan fingerprint density at radius 2 is 1.93 bits per heavy atom. The van der Waals surface area contributed by atoms with Gasteiger partial charge in [0.1, 0.15) is 7.85 Å². The zero-order chi connectivity index (χ0) is 20.1. The predicted molar refractivity (Wildman–Crippen MR) is 109 cm³/mol. The minimum Gasteiger partial charge on any atom is -0.381 e. The molecule has 1 aliphatic heterocycles. The lowest BCUT2D eigenvalue weighted by Crippen LogP contribution is -2.49. The van der Waals surface area contributed by atoms with E-state index in [1.165, 1.54) is 0 Å². The van der Waals surface area contributed by atoms with Gasteiger partial charge in [0, 0.05) is 31.1 Å². The van der Waals surface area contributed by atoms with Crippen LogP contribution in [0.4, 0.5) is 0 Å². The van der Waals surface area contributed by atoms with Crippen LogP contribution in [0.25, 0.3) is 5.69 Å². The molecule has 0 saturated carbocycles. The molecule has 1 saturated heterocycles. The Hall–Kier alpha value is -2.41. The Bertz CT molecular complexity index is 909. The van der Waals surface area contributed by atoms with Crippen molar-refractivity contribution in [3.8, 4) is 5.69 Å². The van der Waals surface area contributed by atoms with Crippen LogP contribution in [-0.2, 0) is 11.2 Å². The number of aromatic nitrogens is 2. The van der Waals surface area contributed by atoms with Crippen molar-refractivity contribution in [2.24, 2.45) is 5.41 Å². The Kier molecular flexibility index (Phi) is 4.66. The number of hydrogen-bond donors (Lipinski definition) is 0. The molecule has 28 heavy (non-hydrogen) atoms. The first-order valence-corrected chi connectivity index (χ1v) is 9.89. The summed E-state index contributed by atoms with van der Waals surface area (Å²) in [5.74, 6) is 0.173. The Morgan fingerprint density at radius 3 is 2.61 bits per heavy atom. The van der Waals surface area contributed by atoms with Gasteiger partial charge in [0.15, 0.2) is 5.78 Å². The van der Waals surface area contributed by atoms with Gasteiger partial charge in [-0.15, -0.1) is 0 Å². The zero-order valence-electron chi connectivity index (χ0n) is 16.9. The van der Waals surface area contributed by atoms with Crippen LogP contribution in [0.15, 0.2) is 30.5 Å². The van der Waals surface area contributed by atoms with Gasteiger partial charge in [0.2, 0.25) is 0 Å². The summed E-state index contributed by atoms with van der Waals surface area (Å²) >= 11 is 0. The Balaban J connectivity index is 1.58. The van der Waals surface area contributed by atoms with Gasteiger partial charge < -0.3 is 9.64 Å². The van der Waals surface area contributed by atoms with Crippen molar-refractivity contribution >= 4 is 19.5 Å². The fourth-order valence-corrected chi connectivity index (χ4v) is 4.32. The van der Waals surface area contributed by atoms with Crippen molar-refractivity contribution in [3.63, 3.8) is 0 Å². The predicted octanol–water partition coefficient (Wildman–Crippen LogP) is 1.85. The highest BCUT2D eigenvalue weighted by molar-refractivity contribution is 6.11. The molecule has 2 heterocycles. The van der Waals surface area contributed by atoms with Crippen molar-refractivity contribution < 1.29 is 14.3 Å². The molecule has 0 bridgehead atoms. The minimum atomic E-state index is -0.0680. The first-order valence-electron chi connectivity index (χ1n) is 9.89. The monoisotopic (exact) mass is 379 g/mol. The van der Waals surface area contributed by atoms with Gasteiger partial charge in [-0.05, 0) is 43.0 Å². The molecule has 1 aliphatic carbocycles. The summed E-state index contributed by atoms with van der Waals surface area (Å²) < 4.78 is 7.55. The van der Waals surface area contributed by atoms with E-state index in [-0.39, 0.29) is 29.2 Å². The van der Waals surface area contributed by atoms with Gasteiger partial charge in [-0.3, -0.25) is 9.59 Å². The summed E-state index contributed by atoms with van der Waals surface area (Å²) in [6, 6.07) is 7.53. The number of hydrogen-bond acceptors (Lipinski definition) is 4. The SMILES string of the molecule is BC1CN(C(=O)c2ccc(-n3ncc4c3CC(C)(C)CC4=O)cc2)CC(C)O1. The van der Waals surface area contributed by atoms with E-state index in [1.807, 2.05) is 48.6 Å². The van der Waals surface area contributed by atoms with Crippen LogP contribution in [-0.4, -0.2) is 59.4 Å². The van der Waals surface area contributed by atoms with Crippen LogP contribution in [0.1, 0.15) is 53.6 Å². The van der Waals surface area contributed by atoms with Crippen molar-refractivity contribution in [3.05, 3.63) is 47.3 Å². The van der Waals surface area contributed by atoms with Crippen LogP contribution >= 0.6 is 0 Å². The van der Waals surface area contributed by atoms with Crippen LogP contribution in [0.2, 0.25) is 0 Å². The number of rotatable bonds is 2. The minimum absolute atomic E-state index is 0.0207. The van der Waals surface area contributed by atoms with E-state index in [4.69, 9.17) is 4.74 Å². The molecular weight excluding hydrogens is 353 g/mol. The summed E-state index contributed by atoms with van der Waals surface area (Å²) in [4.78, 5) is 27.1. The van der Waals surface area contributed by atoms with Crippen molar-refractivity contribution in [2.45, 2.75) is 45.7 Å². The van der Waals surface area contributed by atoms with Crippen molar-refractivity contribution in [1.82, 2.24) is 14.7 Å². The van der Waals surface area contributed by atoms with Crippen molar-refractivity contribution in [2.75, 3.05) is 13.1 Å². The number of benzene rings is 1. The van der Waals surface area contributed by atoms with Gasteiger partial charge in [0.05, 0.1) is 29.2 Å². The molecule has 0 N–H and O–H groups in total.